The summed E-state index contributed by atoms with van der Waals surface area (Å²) in [6, 6.07) is 1.52. The topological polar surface area (TPSA) is 77.0 Å². The number of hydrogen-bond donors (Lipinski definition) is 0. The summed E-state index contributed by atoms with van der Waals surface area (Å²) in [6.45, 7) is 9.07. The minimum atomic E-state index is -0.299. The molecule has 0 unspecified atom stereocenters. The molecule has 0 saturated carbocycles. The van der Waals surface area contributed by atoms with Gasteiger partial charge in [0.15, 0.2) is 5.82 Å². The van der Waals surface area contributed by atoms with Crippen LogP contribution in [0.25, 0.3) is 0 Å². The molecule has 0 aliphatic heterocycles. The molecular formula is C16H25N5O2. The molecule has 0 N–H and O–H groups in total. The Kier molecular flexibility index (Phi) is 5.90. The molecule has 0 radical (unpaired) electrons. The van der Waals surface area contributed by atoms with Gasteiger partial charge in [-0.1, -0.05) is 25.9 Å². The number of carbonyl (C=O) groups is 1. The van der Waals surface area contributed by atoms with E-state index in [4.69, 9.17) is 4.52 Å². The van der Waals surface area contributed by atoms with Crippen LogP contribution in [0.5, 0.6) is 0 Å². The summed E-state index contributed by atoms with van der Waals surface area (Å²) < 4.78 is 6.94. The fraction of sp³-hybridized carbons (Fsp3) is 0.625. The van der Waals surface area contributed by atoms with Gasteiger partial charge in [0.05, 0.1) is 6.54 Å². The zero-order chi connectivity index (χ0) is 16.8. The summed E-state index contributed by atoms with van der Waals surface area (Å²) in [5.74, 6) is 1.65. The van der Waals surface area contributed by atoms with E-state index in [2.05, 4.69) is 29.1 Å². The van der Waals surface area contributed by atoms with Gasteiger partial charge < -0.3 is 9.42 Å². The Bertz CT molecular complexity index is 606. The van der Waals surface area contributed by atoms with Crippen LogP contribution in [-0.4, -0.2) is 37.3 Å². The van der Waals surface area contributed by atoms with Crippen LogP contribution in [0, 0.1) is 5.92 Å². The highest BCUT2D eigenvalue weighted by molar-refractivity contribution is 5.80. The van der Waals surface area contributed by atoms with Gasteiger partial charge in [0.1, 0.15) is 6.04 Å². The molecule has 1 atom stereocenters. The molecule has 126 valence electrons. The van der Waals surface area contributed by atoms with Crippen LogP contribution < -0.4 is 0 Å². The van der Waals surface area contributed by atoms with Crippen molar-refractivity contribution in [1.29, 1.82) is 0 Å². The lowest BCUT2D eigenvalue weighted by Crippen LogP contribution is -2.37. The predicted octanol–water partition coefficient (Wildman–Crippen LogP) is 2.46. The third kappa shape index (κ3) is 4.40. The van der Waals surface area contributed by atoms with Crippen molar-refractivity contribution < 1.29 is 9.32 Å². The Morgan fingerprint density at radius 3 is 2.74 bits per heavy atom. The minimum Gasteiger partial charge on any atom is -0.339 e. The SMILES string of the molecule is CC[C@H](C(=O)N(CC)Cc1noc(CC(C)C)n1)n1cccn1. The van der Waals surface area contributed by atoms with Crippen molar-refractivity contribution >= 4 is 5.91 Å². The second kappa shape index (κ2) is 7.89. The van der Waals surface area contributed by atoms with Crippen LogP contribution in [0.4, 0.5) is 0 Å². The van der Waals surface area contributed by atoms with Gasteiger partial charge in [0.25, 0.3) is 0 Å². The molecule has 7 heteroatoms. The zero-order valence-electron chi connectivity index (χ0n) is 14.3. The molecule has 2 aromatic rings. The van der Waals surface area contributed by atoms with E-state index in [1.165, 1.54) is 0 Å². The normalized spacial score (nSPS) is 12.6. The lowest BCUT2D eigenvalue weighted by atomic mass is 10.1. The molecule has 0 spiro atoms. The summed E-state index contributed by atoms with van der Waals surface area (Å²) in [6.07, 6.45) is 4.93. The van der Waals surface area contributed by atoms with Gasteiger partial charge >= 0.3 is 0 Å². The lowest BCUT2D eigenvalue weighted by Gasteiger charge is -2.24. The summed E-state index contributed by atoms with van der Waals surface area (Å²) >= 11 is 0. The van der Waals surface area contributed by atoms with Gasteiger partial charge in [-0.15, -0.1) is 0 Å². The van der Waals surface area contributed by atoms with Crippen molar-refractivity contribution in [3.8, 4) is 0 Å². The van der Waals surface area contributed by atoms with Crippen molar-refractivity contribution in [3.63, 3.8) is 0 Å². The first-order chi connectivity index (χ1) is 11.0. The quantitative estimate of drug-likeness (QED) is 0.747. The van der Waals surface area contributed by atoms with Crippen LogP contribution >= 0.6 is 0 Å². The zero-order valence-corrected chi connectivity index (χ0v) is 14.3. The molecule has 0 bridgehead atoms. The van der Waals surface area contributed by atoms with Crippen molar-refractivity contribution in [2.45, 2.75) is 53.1 Å². The van der Waals surface area contributed by atoms with Crippen molar-refractivity contribution in [2.24, 2.45) is 5.92 Å². The minimum absolute atomic E-state index is 0.0221. The second-order valence-electron chi connectivity index (χ2n) is 5.96. The Balaban J connectivity index is 2.06. The molecule has 7 nitrogen and oxygen atoms in total. The number of amides is 1. The van der Waals surface area contributed by atoms with Crippen LogP contribution in [0.1, 0.15) is 51.9 Å². The number of likely N-dealkylation sites (N-methyl/N-ethyl adjacent to an activating group) is 1. The largest absolute Gasteiger partial charge is 0.339 e. The van der Waals surface area contributed by atoms with E-state index in [0.717, 1.165) is 6.42 Å². The number of rotatable bonds is 8. The first-order valence-electron chi connectivity index (χ1n) is 8.14. The maximum atomic E-state index is 12.8. The van der Waals surface area contributed by atoms with E-state index in [9.17, 15) is 4.79 Å². The van der Waals surface area contributed by atoms with Crippen LogP contribution in [0.15, 0.2) is 23.0 Å². The summed E-state index contributed by atoms with van der Waals surface area (Å²) in [5.41, 5.74) is 0. The maximum Gasteiger partial charge on any atom is 0.247 e. The Labute approximate surface area is 136 Å². The molecule has 0 aliphatic carbocycles. The first-order valence-corrected chi connectivity index (χ1v) is 8.14. The highest BCUT2D eigenvalue weighted by Gasteiger charge is 2.25. The van der Waals surface area contributed by atoms with E-state index in [-0.39, 0.29) is 11.9 Å². The summed E-state index contributed by atoms with van der Waals surface area (Å²) in [4.78, 5) is 18.9. The smallest absolute Gasteiger partial charge is 0.247 e. The standard InChI is InChI=1S/C16H25N5O2/c1-5-13(21-9-7-8-17-21)16(22)20(6-2)11-14-18-15(23-19-14)10-12(3)4/h7-9,12-13H,5-6,10-11H2,1-4H3/t13-/m1/s1. The first kappa shape index (κ1) is 17.2. The average molecular weight is 319 g/mol. The van der Waals surface area contributed by atoms with E-state index >= 15 is 0 Å². The second-order valence-corrected chi connectivity index (χ2v) is 5.96. The van der Waals surface area contributed by atoms with Crippen molar-refractivity contribution in [1.82, 2.24) is 24.8 Å². The molecule has 0 fully saturated rings. The number of nitrogens with zero attached hydrogens (tertiary/aromatic N) is 5. The van der Waals surface area contributed by atoms with E-state index in [0.29, 0.717) is 37.1 Å². The highest BCUT2D eigenvalue weighted by Crippen LogP contribution is 2.15. The van der Waals surface area contributed by atoms with Gasteiger partial charge in [-0.25, -0.2) is 0 Å². The predicted molar refractivity (Wildman–Crippen MR) is 85.5 cm³/mol. The Morgan fingerprint density at radius 1 is 1.39 bits per heavy atom. The molecule has 1 amide bonds. The van der Waals surface area contributed by atoms with Gasteiger partial charge in [-0.05, 0) is 25.3 Å². The van der Waals surface area contributed by atoms with E-state index in [1.807, 2.05) is 26.1 Å². The van der Waals surface area contributed by atoms with Crippen LogP contribution in [-0.2, 0) is 17.8 Å². The summed E-state index contributed by atoms with van der Waals surface area (Å²) in [7, 11) is 0. The lowest BCUT2D eigenvalue weighted by molar-refractivity contribution is -0.135. The highest BCUT2D eigenvalue weighted by atomic mass is 16.5. The maximum absolute atomic E-state index is 12.8. The molecule has 2 heterocycles. The van der Waals surface area contributed by atoms with Gasteiger partial charge in [0, 0.05) is 25.4 Å². The fourth-order valence-corrected chi connectivity index (χ4v) is 2.45. The molecule has 23 heavy (non-hydrogen) atoms. The monoisotopic (exact) mass is 319 g/mol. The van der Waals surface area contributed by atoms with Gasteiger partial charge in [0.2, 0.25) is 11.8 Å². The summed E-state index contributed by atoms with van der Waals surface area (Å²) in [5, 5.41) is 8.17. The average Bonchev–Trinajstić information content (AvgIpc) is 3.17. The molecule has 2 rings (SSSR count). The Morgan fingerprint density at radius 2 is 2.17 bits per heavy atom. The van der Waals surface area contributed by atoms with Gasteiger partial charge in [-0.2, -0.15) is 10.1 Å². The van der Waals surface area contributed by atoms with Crippen LogP contribution in [0.2, 0.25) is 0 Å². The molecule has 0 saturated heterocycles. The number of carbonyl (C=O) groups excluding carboxylic acids is 1. The molecule has 0 aromatic carbocycles. The van der Waals surface area contributed by atoms with Gasteiger partial charge in [-0.3, -0.25) is 9.48 Å². The third-order valence-corrected chi connectivity index (χ3v) is 3.63. The number of hydrogen-bond acceptors (Lipinski definition) is 5. The van der Waals surface area contributed by atoms with E-state index in [1.54, 1.807) is 15.8 Å². The fourth-order valence-electron chi connectivity index (χ4n) is 2.45. The van der Waals surface area contributed by atoms with E-state index < -0.39 is 0 Å². The molecule has 0 aliphatic rings. The Hall–Kier alpha value is -2.18. The van der Waals surface area contributed by atoms with Crippen molar-refractivity contribution in [2.75, 3.05) is 6.54 Å². The molecule has 2 aromatic heterocycles. The van der Waals surface area contributed by atoms with Crippen molar-refractivity contribution in [3.05, 3.63) is 30.2 Å². The van der Waals surface area contributed by atoms with Crippen LogP contribution in [0.3, 0.4) is 0 Å². The number of aromatic nitrogens is 4. The molecular weight excluding hydrogens is 294 g/mol. The third-order valence-electron chi connectivity index (χ3n) is 3.63.